The van der Waals surface area contributed by atoms with Crippen molar-refractivity contribution in [2.75, 3.05) is 18.2 Å². The number of ether oxygens (including phenoxy) is 1. The molecule has 0 radical (unpaired) electrons. The van der Waals surface area contributed by atoms with Gasteiger partial charge in [0.05, 0.1) is 4.90 Å². The highest BCUT2D eigenvalue weighted by molar-refractivity contribution is 7.90. The monoisotopic (exact) mass is 339 g/mol. The summed E-state index contributed by atoms with van der Waals surface area (Å²) in [6, 6.07) is 4.12. The minimum atomic E-state index is -4.53. The van der Waals surface area contributed by atoms with E-state index >= 15 is 0 Å². The van der Waals surface area contributed by atoms with Crippen molar-refractivity contribution in [1.82, 2.24) is 0 Å². The first-order valence-electron chi connectivity index (χ1n) is 6.20. The van der Waals surface area contributed by atoms with E-state index in [-0.39, 0.29) is 10.6 Å². The Balaban J connectivity index is 2.84. The van der Waals surface area contributed by atoms with E-state index < -0.39 is 34.6 Å². The van der Waals surface area contributed by atoms with E-state index in [1.807, 2.05) is 0 Å². The number of hydrogen-bond acceptors (Lipinski definition) is 4. The number of amides is 1. The zero-order valence-corrected chi connectivity index (χ0v) is 13.0. The number of rotatable bonds is 5. The molecule has 1 atom stereocenters. The molecule has 1 aromatic carbocycles. The zero-order valence-electron chi connectivity index (χ0n) is 12.2. The maximum Gasteiger partial charge on any atom is 0.411 e. The predicted molar refractivity (Wildman–Crippen MR) is 74.4 cm³/mol. The summed E-state index contributed by atoms with van der Waals surface area (Å²) in [4.78, 5) is 11.8. The van der Waals surface area contributed by atoms with Gasteiger partial charge in [-0.05, 0) is 31.5 Å². The van der Waals surface area contributed by atoms with E-state index in [1.165, 1.54) is 25.1 Å². The van der Waals surface area contributed by atoms with Crippen molar-refractivity contribution in [3.63, 3.8) is 0 Å². The predicted octanol–water partition coefficient (Wildman–Crippen LogP) is 2.30. The van der Waals surface area contributed by atoms with Gasteiger partial charge in [-0.15, -0.1) is 0 Å². The van der Waals surface area contributed by atoms with Gasteiger partial charge in [-0.1, -0.05) is 6.07 Å². The molecule has 124 valence electrons. The summed E-state index contributed by atoms with van der Waals surface area (Å²) in [5.41, 5.74) is 0.777. The second-order valence-electron chi connectivity index (χ2n) is 4.81. The fourth-order valence-corrected chi connectivity index (χ4v) is 2.14. The number of anilines is 1. The lowest BCUT2D eigenvalue weighted by Gasteiger charge is -2.16. The van der Waals surface area contributed by atoms with Gasteiger partial charge in [0, 0.05) is 11.9 Å². The number of benzene rings is 1. The molecule has 0 saturated heterocycles. The van der Waals surface area contributed by atoms with Crippen LogP contribution in [0.1, 0.15) is 12.5 Å². The molecular formula is C13H16F3NO4S. The number of sulfone groups is 1. The van der Waals surface area contributed by atoms with Crippen molar-refractivity contribution in [3.05, 3.63) is 23.8 Å². The summed E-state index contributed by atoms with van der Waals surface area (Å²) in [7, 11) is -3.46. The van der Waals surface area contributed by atoms with Crippen LogP contribution in [-0.2, 0) is 19.4 Å². The van der Waals surface area contributed by atoms with Gasteiger partial charge >= 0.3 is 6.18 Å². The SMILES string of the molecule is Cc1ccc(S(C)(=O)=O)cc1NC(=O)C(C)OCC(F)(F)F. The number of carbonyl (C=O) groups excluding carboxylic acids is 1. The van der Waals surface area contributed by atoms with Crippen LogP contribution in [0.4, 0.5) is 18.9 Å². The van der Waals surface area contributed by atoms with E-state index in [0.29, 0.717) is 5.56 Å². The second-order valence-corrected chi connectivity index (χ2v) is 6.82. The number of hydrogen-bond donors (Lipinski definition) is 1. The van der Waals surface area contributed by atoms with Crippen molar-refractivity contribution in [2.45, 2.75) is 31.0 Å². The maximum atomic E-state index is 12.0. The summed E-state index contributed by atoms with van der Waals surface area (Å²) in [6.07, 6.45) is -4.85. The van der Waals surface area contributed by atoms with Crippen molar-refractivity contribution in [3.8, 4) is 0 Å². The first-order valence-corrected chi connectivity index (χ1v) is 8.09. The molecule has 0 aliphatic rings. The molecule has 0 saturated carbocycles. The zero-order chi connectivity index (χ0) is 17.1. The van der Waals surface area contributed by atoms with Crippen molar-refractivity contribution < 1.29 is 31.1 Å². The summed E-state index contributed by atoms with van der Waals surface area (Å²) in [5, 5.41) is 2.36. The maximum absolute atomic E-state index is 12.0. The Bertz CT molecular complexity index is 656. The van der Waals surface area contributed by atoms with E-state index in [9.17, 15) is 26.4 Å². The number of alkyl halides is 3. The van der Waals surface area contributed by atoms with Crippen LogP contribution in [0.2, 0.25) is 0 Å². The van der Waals surface area contributed by atoms with E-state index in [0.717, 1.165) is 6.26 Å². The Morgan fingerprint density at radius 1 is 1.36 bits per heavy atom. The highest BCUT2D eigenvalue weighted by atomic mass is 32.2. The topological polar surface area (TPSA) is 72.5 Å². The van der Waals surface area contributed by atoms with Crippen molar-refractivity contribution in [2.24, 2.45) is 0 Å². The second kappa shape index (κ2) is 6.66. The van der Waals surface area contributed by atoms with Gasteiger partial charge in [-0.3, -0.25) is 4.79 Å². The molecule has 0 aliphatic heterocycles. The molecule has 5 nitrogen and oxygen atoms in total. The van der Waals surface area contributed by atoms with Crippen molar-refractivity contribution >= 4 is 21.4 Å². The smallest absolute Gasteiger partial charge is 0.359 e. The third kappa shape index (κ3) is 5.64. The summed E-state index contributed by atoms with van der Waals surface area (Å²) < 4.78 is 63.4. The van der Waals surface area contributed by atoms with Gasteiger partial charge in [0.2, 0.25) is 0 Å². The first kappa shape index (κ1) is 18.4. The van der Waals surface area contributed by atoms with Gasteiger partial charge in [0.15, 0.2) is 9.84 Å². The summed E-state index contributed by atoms with van der Waals surface area (Å²) in [6.45, 7) is 1.27. The van der Waals surface area contributed by atoms with Crippen molar-refractivity contribution in [1.29, 1.82) is 0 Å². The van der Waals surface area contributed by atoms with Gasteiger partial charge < -0.3 is 10.1 Å². The molecular weight excluding hydrogens is 323 g/mol. The molecule has 22 heavy (non-hydrogen) atoms. The normalized spacial score (nSPS) is 13.7. The Hall–Kier alpha value is -1.61. The van der Waals surface area contributed by atoms with E-state index in [1.54, 1.807) is 6.92 Å². The van der Waals surface area contributed by atoms with Crippen LogP contribution < -0.4 is 5.32 Å². The van der Waals surface area contributed by atoms with Crippen LogP contribution in [0.25, 0.3) is 0 Å². The van der Waals surface area contributed by atoms with Crippen LogP contribution in [0.5, 0.6) is 0 Å². The highest BCUT2D eigenvalue weighted by Crippen LogP contribution is 2.21. The molecule has 0 heterocycles. The van der Waals surface area contributed by atoms with Gasteiger partial charge in [-0.2, -0.15) is 13.2 Å². The summed E-state index contributed by atoms with van der Waals surface area (Å²) >= 11 is 0. The van der Waals surface area contributed by atoms with Gasteiger partial charge in [0.1, 0.15) is 12.7 Å². The standard InChI is InChI=1S/C13H16F3NO4S/c1-8-4-5-10(22(3,19)20)6-11(8)17-12(18)9(2)21-7-13(14,15)16/h4-6,9H,7H2,1-3H3,(H,17,18). The highest BCUT2D eigenvalue weighted by Gasteiger charge is 2.30. The molecule has 0 aromatic heterocycles. The summed E-state index contributed by atoms with van der Waals surface area (Å²) in [5.74, 6) is -0.794. The lowest BCUT2D eigenvalue weighted by atomic mass is 10.2. The molecule has 0 spiro atoms. The van der Waals surface area contributed by atoms with Crippen LogP contribution >= 0.6 is 0 Å². The molecule has 1 unspecified atom stereocenters. The van der Waals surface area contributed by atoms with Crippen LogP contribution in [-0.4, -0.2) is 39.5 Å². The number of carbonyl (C=O) groups is 1. The van der Waals surface area contributed by atoms with Crippen LogP contribution in [0.3, 0.4) is 0 Å². The Morgan fingerprint density at radius 2 is 1.95 bits per heavy atom. The van der Waals surface area contributed by atoms with Crippen LogP contribution in [0.15, 0.2) is 23.1 Å². The third-order valence-corrected chi connectivity index (χ3v) is 3.87. The first-order chi connectivity index (χ1) is 9.90. The van der Waals surface area contributed by atoms with E-state index in [2.05, 4.69) is 10.1 Å². The lowest BCUT2D eigenvalue weighted by molar-refractivity contribution is -0.184. The van der Waals surface area contributed by atoms with Gasteiger partial charge in [0.25, 0.3) is 5.91 Å². The molecule has 0 bridgehead atoms. The van der Waals surface area contributed by atoms with Crippen LogP contribution in [0, 0.1) is 6.92 Å². The minimum Gasteiger partial charge on any atom is -0.359 e. The number of halogens is 3. The van der Waals surface area contributed by atoms with E-state index in [4.69, 9.17) is 0 Å². The lowest BCUT2D eigenvalue weighted by Crippen LogP contribution is -2.31. The quantitative estimate of drug-likeness (QED) is 0.893. The fourth-order valence-electron chi connectivity index (χ4n) is 1.50. The fraction of sp³-hybridized carbons (Fsp3) is 0.462. The molecule has 9 heteroatoms. The largest absolute Gasteiger partial charge is 0.411 e. The Kier molecular flexibility index (Phi) is 5.58. The molecule has 1 rings (SSSR count). The molecule has 0 aliphatic carbocycles. The average molecular weight is 339 g/mol. The Morgan fingerprint density at radius 3 is 2.45 bits per heavy atom. The average Bonchev–Trinajstić information content (AvgIpc) is 2.36. The molecule has 1 aromatic rings. The molecule has 1 amide bonds. The molecule has 1 N–H and O–H groups in total. The third-order valence-electron chi connectivity index (χ3n) is 2.76. The van der Waals surface area contributed by atoms with Gasteiger partial charge in [-0.25, -0.2) is 8.42 Å². The molecule has 0 fully saturated rings. The number of nitrogens with one attached hydrogen (secondary N) is 1. The number of aryl methyl sites for hydroxylation is 1. The minimum absolute atomic E-state index is 0.00253. The Labute approximate surface area is 126 Å².